The van der Waals surface area contributed by atoms with Gasteiger partial charge in [-0.15, -0.1) is 0 Å². The SMILES string of the molecule is CCCN(CCC)C(=O)CC(CN)c1cccc(Cl)c1. The van der Waals surface area contributed by atoms with Crippen LogP contribution in [0.3, 0.4) is 0 Å². The molecule has 0 aliphatic heterocycles. The predicted octanol–water partition coefficient (Wildman–Crippen LogP) is 3.42. The molecule has 1 amide bonds. The molecule has 1 atom stereocenters. The Morgan fingerprint density at radius 3 is 2.45 bits per heavy atom. The number of hydrogen-bond acceptors (Lipinski definition) is 2. The van der Waals surface area contributed by atoms with Crippen LogP contribution in [0.4, 0.5) is 0 Å². The van der Waals surface area contributed by atoms with Crippen LogP contribution in [0.1, 0.15) is 44.6 Å². The second-order valence-electron chi connectivity index (χ2n) is 5.07. The van der Waals surface area contributed by atoms with Crippen molar-refractivity contribution in [3.63, 3.8) is 0 Å². The van der Waals surface area contributed by atoms with Crippen LogP contribution in [-0.4, -0.2) is 30.4 Å². The summed E-state index contributed by atoms with van der Waals surface area (Å²) in [6.45, 7) is 6.28. The zero-order chi connectivity index (χ0) is 15.0. The molecule has 4 heteroatoms. The van der Waals surface area contributed by atoms with Gasteiger partial charge in [0.2, 0.25) is 5.91 Å². The largest absolute Gasteiger partial charge is 0.343 e. The molecule has 1 unspecified atom stereocenters. The molecule has 3 nitrogen and oxygen atoms in total. The molecular weight excluding hydrogens is 272 g/mol. The first kappa shape index (κ1) is 17.0. The Labute approximate surface area is 127 Å². The number of carbonyl (C=O) groups is 1. The minimum absolute atomic E-state index is 0.0393. The van der Waals surface area contributed by atoms with Gasteiger partial charge < -0.3 is 10.6 Å². The predicted molar refractivity (Wildman–Crippen MR) is 85.0 cm³/mol. The zero-order valence-electron chi connectivity index (χ0n) is 12.4. The van der Waals surface area contributed by atoms with Crippen molar-refractivity contribution < 1.29 is 4.79 Å². The van der Waals surface area contributed by atoms with Crippen LogP contribution in [0.5, 0.6) is 0 Å². The fourth-order valence-corrected chi connectivity index (χ4v) is 2.54. The first-order valence-electron chi connectivity index (χ1n) is 7.35. The van der Waals surface area contributed by atoms with Crippen LogP contribution >= 0.6 is 11.6 Å². The lowest BCUT2D eigenvalue weighted by Gasteiger charge is -2.24. The monoisotopic (exact) mass is 296 g/mol. The van der Waals surface area contributed by atoms with Gasteiger partial charge in [0.05, 0.1) is 0 Å². The van der Waals surface area contributed by atoms with Gasteiger partial charge in [0.25, 0.3) is 0 Å². The van der Waals surface area contributed by atoms with Crippen molar-refractivity contribution in [3.8, 4) is 0 Å². The van der Waals surface area contributed by atoms with Gasteiger partial charge in [-0.25, -0.2) is 0 Å². The van der Waals surface area contributed by atoms with Crippen molar-refractivity contribution in [1.82, 2.24) is 4.90 Å². The van der Waals surface area contributed by atoms with Crippen LogP contribution in [0.25, 0.3) is 0 Å². The normalized spacial score (nSPS) is 12.2. The van der Waals surface area contributed by atoms with Crippen LogP contribution in [0.15, 0.2) is 24.3 Å². The molecular formula is C16H25ClN2O. The Bertz CT molecular complexity index is 417. The molecule has 0 spiro atoms. The summed E-state index contributed by atoms with van der Waals surface area (Å²) in [4.78, 5) is 14.3. The first-order chi connectivity index (χ1) is 9.62. The number of hydrogen-bond donors (Lipinski definition) is 1. The molecule has 0 bridgehead atoms. The minimum Gasteiger partial charge on any atom is -0.343 e. The lowest BCUT2D eigenvalue weighted by atomic mass is 9.95. The fourth-order valence-electron chi connectivity index (χ4n) is 2.34. The van der Waals surface area contributed by atoms with Gasteiger partial charge in [0, 0.05) is 30.5 Å². The molecule has 2 N–H and O–H groups in total. The number of carbonyl (C=O) groups excluding carboxylic acids is 1. The third-order valence-electron chi connectivity index (χ3n) is 3.37. The van der Waals surface area contributed by atoms with Gasteiger partial charge in [-0.2, -0.15) is 0 Å². The summed E-state index contributed by atoms with van der Waals surface area (Å²) in [6.07, 6.45) is 2.42. The molecule has 1 aromatic rings. The molecule has 1 rings (SSSR count). The maximum Gasteiger partial charge on any atom is 0.223 e. The maximum atomic E-state index is 12.4. The third kappa shape index (κ3) is 5.14. The smallest absolute Gasteiger partial charge is 0.223 e. The number of halogens is 1. The van der Waals surface area contributed by atoms with E-state index in [0.717, 1.165) is 31.5 Å². The minimum atomic E-state index is 0.0393. The van der Waals surface area contributed by atoms with E-state index in [1.807, 2.05) is 29.2 Å². The van der Waals surface area contributed by atoms with Crippen molar-refractivity contribution in [1.29, 1.82) is 0 Å². The van der Waals surface area contributed by atoms with Gasteiger partial charge in [0.15, 0.2) is 0 Å². The Kier molecular flexibility index (Phi) is 7.63. The molecule has 0 aromatic heterocycles. The van der Waals surface area contributed by atoms with E-state index in [0.29, 0.717) is 18.0 Å². The van der Waals surface area contributed by atoms with Gasteiger partial charge in [-0.05, 0) is 37.1 Å². The van der Waals surface area contributed by atoms with Gasteiger partial charge in [-0.1, -0.05) is 37.6 Å². The lowest BCUT2D eigenvalue weighted by molar-refractivity contribution is -0.131. The molecule has 0 fully saturated rings. The van der Waals surface area contributed by atoms with E-state index in [2.05, 4.69) is 13.8 Å². The van der Waals surface area contributed by atoms with E-state index >= 15 is 0 Å². The highest BCUT2D eigenvalue weighted by Crippen LogP contribution is 2.22. The molecule has 0 radical (unpaired) electrons. The zero-order valence-corrected chi connectivity index (χ0v) is 13.2. The topological polar surface area (TPSA) is 46.3 Å². The highest BCUT2D eigenvalue weighted by atomic mass is 35.5. The number of nitrogens with two attached hydrogens (primary N) is 1. The quantitative estimate of drug-likeness (QED) is 0.799. The van der Waals surface area contributed by atoms with E-state index < -0.39 is 0 Å². The second kappa shape index (κ2) is 8.98. The van der Waals surface area contributed by atoms with Crippen molar-refractivity contribution in [2.24, 2.45) is 5.73 Å². The van der Waals surface area contributed by atoms with E-state index in [1.165, 1.54) is 0 Å². The van der Waals surface area contributed by atoms with Crippen LogP contribution in [-0.2, 0) is 4.79 Å². The summed E-state index contributed by atoms with van der Waals surface area (Å²) in [6, 6.07) is 7.62. The Hall–Kier alpha value is -1.06. The highest BCUT2D eigenvalue weighted by molar-refractivity contribution is 6.30. The average Bonchev–Trinajstić information content (AvgIpc) is 2.44. The lowest BCUT2D eigenvalue weighted by Crippen LogP contribution is -2.34. The first-order valence-corrected chi connectivity index (χ1v) is 7.73. The van der Waals surface area contributed by atoms with Gasteiger partial charge >= 0.3 is 0 Å². The van der Waals surface area contributed by atoms with Crippen LogP contribution in [0, 0.1) is 0 Å². The molecule has 0 aliphatic rings. The van der Waals surface area contributed by atoms with Crippen molar-refractivity contribution >= 4 is 17.5 Å². The summed E-state index contributed by atoms with van der Waals surface area (Å²) in [5, 5.41) is 0.687. The second-order valence-corrected chi connectivity index (χ2v) is 5.51. The summed E-state index contributed by atoms with van der Waals surface area (Å²) in [5.74, 6) is 0.224. The summed E-state index contributed by atoms with van der Waals surface area (Å²) >= 11 is 6.01. The Balaban J connectivity index is 2.74. The van der Waals surface area contributed by atoms with Crippen molar-refractivity contribution in [2.75, 3.05) is 19.6 Å². The molecule has 0 heterocycles. The van der Waals surface area contributed by atoms with E-state index in [-0.39, 0.29) is 11.8 Å². The standard InChI is InChI=1S/C16H25ClN2O/c1-3-8-19(9-4-2)16(20)11-14(12-18)13-6-5-7-15(17)10-13/h5-7,10,14H,3-4,8-9,11-12,18H2,1-2H3. The fraction of sp³-hybridized carbons (Fsp3) is 0.562. The molecule has 0 aliphatic carbocycles. The molecule has 0 saturated carbocycles. The third-order valence-corrected chi connectivity index (χ3v) is 3.60. The molecule has 1 aromatic carbocycles. The summed E-state index contributed by atoms with van der Waals surface area (Å²) in [7, 11) is 0. The summed E-state index contributed by atoms with van der Waals surface area (Å²) in [5.41, 5.74) is 6.88. The molecule has 112 valence electrons. The Morgan fingerprint density at radius 1 is 1.30 bits per heavy atom. The number of nitrogens with zero attached hydrogens (tertiary/aromatic N) is 1. The highest BCUT2D eigenvalue weighted by Gasteiger charge is 2.19. The molecule has 20 heavy (non-hydrogen) atoms. The Morgan fingerprint density at radius 2 is 1.95 bits per heavy atom. The number of benzene rings is 1. The van der Waals surface area contributed by atoms with Crippen molar-refractivity contribution in [3.05, 3.63) is 34.9 Å². The van der Waals surface area contributed by atoms with Crippen LogP contribution in [0.2, 0.25) is 5.02 Å². The summed E-state index contributed by atoms with van der Waals surface area (Å²) < 4.78 is 0. The average molecular weight is 297 g/mol. The van der Waals surface area contributed by atoms with E-state index in [4.69, 9.17) is 17.3 Å². The molecule has 0 saturated heterocycles. The van der Waals surface area contributed by atoms with Crippen LogP contribution < -0.4 is 5.73 Å². The van der Waals surface area contributed by atoms with E-state index in [9.17, 15) is 4.79 Å². The number of amides is 1. The maximum absolute atomic E-state index is 12.4. The number of rotatable bonds is 8. The van der Waals surface area contributed by atoms with E-state index in [1.54, 1.807) is 0 Å². The van der Waals surface area contributed by atoms with Gasteiger partial charge in [-0.3, -0.25) is 4.79 Å². The van der Waals surface area contributed by atoms with Crippen molar-refractivity contribution in [2.45, 2.75) is 39.0 Å². The van der Waals surface area contributed by atoms with Gasteiger partial charge in [0.1, 0.15) is 0 Å².